The van der Waals surface area contributed by atoms with Gasteiger partial charge in [-0.15, -0.1) is 0 Å². The van der Waals surface area contributed by atoms with E-state index in [-0.39, 0.29) is 0 Å². The third-order valence-corrected chi connectivity index (χ3v) is 4.16. The lowest BCUT2D eigenvalue weighted by atomic mass is 10.2. The van der Waals surface area contributed by atoms with Crippen molar-refractivity contribution in [3.8, 4) is 0 Å². The van der Waals surface area contributed by atoms with Gasteiger partial charge in [-0.25, -0.2) is 4.98 Å². The third kappa shape index (κ3) is 2.92. The molecule has 5 heteroatoms. The summed E-state index contributed by atoms with van der Waals surface area (Å²) in [6.45, 7) is 2.08. The van der Waals surface area contributed by atoms with Gasteiger partial charge in [0.25, 0.3) is 5.91 Å². The summed E-state index contributed by atoms with van der Waals surface area (Å²) in [5, 5.41) is 0.792. The van der Waals surface area contributed by atoms with Crippen LogP contribution in [0.2, 0.25) is 0 Å². The van der Waals surface area contributed by atoms with E-state index in [1.807, 2.05) is 6.07 Å². The number of nitrogens with zero attached hydrogens (tertiary/aromatic N) is 1. The van der Waals surface area contributed by atoms with Crippen molar-refractivity contribution in [2.24, 2.45) is 5.73 Å². The van der Waals surface area contributed by atoms with Crippen LogP contribution in [0.15, 0.2) is 47.6 Å². The Bertz CT molecular complexity index is 810. The van der Waals surface area contributed by atoms with E-state index in [4.69, 9.17) is 5.73 Å². The van der Waals surface area contributed by atoms with Gasteiger partial charge in [-0.2, -0.15) is 0 Å². The maximum atomic E-state index is 11.4. The largest absolute Gasteiger partial charge is 0.366 e. The van der Waals surface area contributed by atoms with Crippen molar-refractivity contribution in [2.75, 3.05) is 0 Å². The summed E-state index contributed by atoms with van der Waals surface area (Å²) in [5.41, 5.74) is 9.78. The molecule has 1 aromatic heterocycles. The fraction of sp³-hybridized carbons (Fsp3) is 0.125. The molecule has 2 aromatic carbocycles. The molecule has 3 N–H and O–H groups in total. The minimum Gasteiger partial charge on any atom is -0.366 e. The molecule has 0 fully saturated rings. The van der Waals surface area contributed by atoms with Gasteiger partial charge >= 0.3 is 0 Å². The number of hydrogen-bond acceptors (Lipinski definition) is 3. The molecule has 0 spiro atoms. The first-order valence-electron chi connectivity index (χ1n) is 6.60. The van der Waals surface area contributed by atoms with Gasteiger partial charge in [-0.05, 0) is 24.6 Å². The Morgan fingerprint density at radius 1 is 1.29 bits per heavy atom. The van der Waals surface area contributed by atoms with E-state index < -0.39 is 5.91 Å². The fourth-order valence-electron chi connectivity index (χ4n) is 2.23. The number of primary amides is 1. The molecule has 0 saturated carbocycles. The molecule has 0 aliphatic carbocycles. The average molecular weight is 297 g/mol. The Hall–Kier alpha value is -2.27. The minimum absolute atomic E-state index is 0.450. The van der Waals surface area contributed by atoms with Crippen LogP contribution in [-0.4, -0.2) is 15.9 Å². The number of benzene rings is 2. The van der Waals surface area contributed by atoms with Crippen LogP contribution in [0.3, 0.4) is 0 Å². The van der Waals surface area contributed by atoms with Gasteiger partial charge in [0.05, 0.1) is 11.1 Å². The Kier molecular flexibility index (Phi) is 3.66. The van der Waals surface area contributed by atoms with Gasteiger partial charge in [-0.3, -0.25) is 4.79 Å². The molecule has 0 unspecified atom stereocenters. The molecule has 3 rings (SSSR count). The topological polar surface area (TPSA) is 71.8 Å². The highest BCUT2D eigenvalue weighted by molar-refractivity contribution is 7.98. The second-order valence-corrected chi connectivity index (χ2v) is 5.85. The number of aryl methyl sites for hydroxylation is 1. The molecule has 0 radical (unpaired) electrons. The van der Waals surface area contributed by atoms with Gasteiger partial charge in [-0.1, -0.05) is 47.7 Å². The van der Waals surface area contributed by atoms with E-state index in [1.165, 1.54) is 11.1 Å². The zero-order valence-corrected chi connectivity index (χ0v) is 12.4. The van der Waals surface area contributed by atoms with Gasteiger partial charge in [0, 0.05) is 5.75 Å². The van der Waals surface area contributed by atoms with Crippen molar-refractivity contribution in [3.05, 3.63) is 59.2 Å². The fourth-order valence-corrected chi connectivity index (χ4v) is 3.05. The van der Waals surface area contributed by atoms with Crippen LogP contribution in [0.4, 0.5) is 0 Å². The van der Waals surface area contributed by atoms with Crippen molar-refractivity contribution in [1.29, 1.82) is 0 Å². The van der Waals surface area contributed by atoms with Crippen LogP contribution >= 0.6 is 11.8 Å². The third-order valence-electron chi connectivity index (χ3n) is 3.21. The van der Waals surface area contributed by atoms with E-state index in [2.05, 4.69) is 41.2 Å². The minimum atomic E-state index is -0.456. The number of aromatic amines is 1. The molecule has 0 atom stereocenters. The SMILES string of the molecule is Cc1cccc(CSc2nc3c(C(N)=O)cccc3[nH]2)c1. The summed E-state index contributed by atoms with van der Waals surface area (Å²) in [5.74, 6) is 0.371. The number of amides is 1. The first-order valence-corrected chi connectivity index (χ1v) is 7.59. The van der Waals surface area contributed by atoms with Crippen LogP contribution < -0.4 is 5.73 Å². The van der Waals surface area contributed by atoms with Crippen molar-refractivity contribution >= 4 is 28.7 Å². The summed E-state index contributed by atoms with van der Waals surface area (Å²) >= 11 is 1.61. The van der Waals surface area contributed by atoms with E-state index in [9.17, 15) is 4.79 Å². The van der Waals surface area contributed by atoms with Gasteiger partial charge in [0.2, 0.25) is 0 Å². The molecule has 21 heavy (non-hydrogen) atoms. The smallest absolute Gasteiger partial charge is 0.250 e. The Morgan fingerprint density at radius 3 is 2.86 bits per heavy atom. The number of thioether (sulfide) groups is 1. The number of para-hydroxylation sites is 1. The second kappa shape index (κ2) is 5.61. The highest BCUT2D eigenvalue weighted by Gasteiger charge is 2.11. The van der Waals surface area contributed by atoms with Crippen molar-refractivity contribution in [2.45, 2.75) is 17.8 Å². The molecule has 0 saturated heterocycles. The quantitative estimate of drug-likeness (QED) is 0.726. The molecule has 3 aromatic rings. The monoisotopic (exact) mass is 297 g/mol. The van der Waals surface area contributed by atoms with Crippen molar-refractivity contribution < 1.29 is 4.79 Å². The molecule has 0 aliphatic heterocycles. The number of fused-ring (bicyclic) bond motifs is 1. The van der Waals surface area contributed by atoms with Crippen LogP contribution in [-0.2, 0) is 5.75 Å². The second-order valence-electron chi connectivity index (χ2n) is 4.89. The van der Waals surface area contributed by atoms with Gasteiger partial charge in [0.1, 0.15) is 5.52 Å². The van der Waals surface area contributed by atoms with E-state index in [0.717, 1.165) is 16.4 Å². The molecule has 0 bridgehead atoms. The van der Waals surface area contributed by atoms with E-state index in [0.29, 0.717) is 11.1 Å². The standard InChI is InChI=1S/C16H15N3OS/c1-10-4-2-5-11(8-10)9-21-16-18-13-7-3-6-12(15(17)20)14(13)19-16/h2-8H,9H2,1H3,(H2,17,20)(H,18,19). The summed E-state index contributed by atoms with van der Waals surface area (Å²) in [4.78, 5) is 19.1. The van der Waals surface area contributed by atoms with Gasteiger partial charge < -0.3 is 10.7 Å². The van der Waals surface area contributed by atoms with Crippen LogP contribution in [0.5, 0.6) is 0 Å². The van der Waals surface area contributed by atoms with Gasteiger partial charge in [0.15, 0.2) is 5.16 Å². The number of carbonyl (C=O) groups excluding carboxylic acids is 1. The molecule has 106 valence electrons. The Balaban J connectivity index is 1.85. The molecule has 1 amide bonds. The van der Waals surface area contributed by atoms with Crippen molar-refractivity contribution in [3.63, 3.8) is 0 Å². The number of hydrogen-bond donors (Lipinski definition) is 2. The summed E-state index contributed by atoms with van der Waals surface area (Å²) < 4.78 is 0. The predicted octanol–water partition coefficient (Wildman–Crippen LogP) is 3.26. The lowest BCUT2D eigenvalue weighted by molar-refractivity contribution is 0.100. The highest BCUT2D eigenvalue weighted by Crippen LogP contribution is 2.25. The zero-order chi connectivity index (χ0) is 14.8. The van der Waals surface area contributed by atoms with E-state index >= 15 is 0 Å². The molecular weight excluding hydrogens is 282 g/mol. The number of aromatic nitrogens is 2. The maximum absolute atomic E-state index is 11.4. The number of nitrogens with one attached hydrogen (secondary N) is 1. The molecular formula is C16H15N3OS. The molecule has 1 heterocycles. The molecule has 0 aliphatic rings. The first-order chi connectivity index (χ1) is 10.1. The average Bonchev–Trinajstić information content (AvgIpc) is 2.87. The number of carbonyl (C=O) groups is 1. The Labute approximate surface area is 126 Å². The molecule has 4 nitrogen and oxygen atoms in total. The summed E-state index contributed by atoms with van der Waals surface area (Å²) in [7, 11) is 0. The number of nitrogens with two attached hydrogens (primary N) is 1. The summed E-state index contributed by atoms with van der Waals surface area (Å²) in [6, 6.07) is 13.8. The Morgan fingerprint density at radius 2 is 2.10 bits per heavy atom. The lowest BCUT2D eigenvalue weighted by Gasteiger charge is -2.00. The lowest BCUT2D eigenvalue weighted by Crippen LogP contribution is -2.11. The van der Waals surface area contributed by atoms with Crippen molar-refractivity contribution in [1.82, 2.24) is 9.97 Å². The van der Waals surface area contributed by atoms with Crippen LogP contribution in [0, 0.1) is 6.92 Å². The highest BCUT2D eigenvalue weighted by atomic mass is 32.2. The predicted molar refractivity (Wildman–Crippen MR) is 85.4 cm³/mol. The normalized spacial score (nSPS) is 10.9. The number of imidazole rings is 1. The first kappa shape index (κ1) is 13.7. The van der Waals surface area contributed by atoms with Crippen LogP contribution in [0.25, 0.3) is 11.0 Å². The maximum Gasteiger partial charge on any atom is 0.250 e. The zero-order valence-electron chi connectivity index (χ0n) is 11.6. The van der Waals surface area contributed by atoms with E-state index in [1.54, 1.807) is 23.9 Å². The summed E-state index contributed by atoms with van der Waals surface area (Å²) in [6.07, 6.45) is 0. The number of H-pyrrole nitrogens is 1. The number of rotatable bonds is 4. The van der Waals surface area contributed by atoms with Crippen LogP contribution in [0.1, 0.15) is 21.5 Å².